The van der Waals surface area contributed by atoms with Crippen LogP contribution in [-0.2, 0) is 4.79 Å². The van der Waals surface area contributed by atoms with E-state index in [0.29, 0.717) is 29.7 Å². The summed E-state index contributed by atoms with van der Waals surface area (Å²) in [5.74, 6) is 0.488. The van der Waals surface area contributed by atoms with Gasteiger partial charge in [-0.2, -0.15) is 0 Å². The molecule has 0 aliphatic heterocycles. The molecule has 0 aliphatic rings. The predicted molar refractivity (Wildman–Crippen MR) is 70.2 cm³/mol. The van der Waals surface area contributed by atoms with E-state index in [2.05, 4.69) is 10.3 Å². The van der Waals surface area contributed by atoms with Crippen molar-refractivity contribution in [1.82, 2.24) is 10.3 Å². The third-order valence-corrected chi connectivity index (χ3v) is 2.47. The summed E-state index contributed by atoms with van der Waals surface area (Å²) in [5, 5.41) is 3.10. The molecule has 3 N–H and O–H groups in total. The summed E-state index contributed by atoms with van der Waals surface area (Å²) in [4.78, 5) is 17.5. The molecule has 0 saturated heterocycles. The predicted octanol–water partition coefficient (Wildman–Crippen LogP) is 1.28. The van der Waals surface area contributed by atoms with E-state index in [9.17, 15) is 4.79 Å². The number of amides is 1. The van der Waals surface area contributed by atoms with Crippen LogP contribution in [-0.4, -0.2) is 30.5 Å². The van der Waals surface area contributed by atoms with Crippen molar-refractivity contribution in [3.05, 3.63) is 17.3 Å². The van der Waals surface area contributed by atoms with E-state index in [-0.39, 0.29) is 12.5 Å². The highest BCUT2D eigenvalue weighted by molar-refractivity contribution is 6.29. The summed E-state index contributed by atoms with van der Waals surface area (Å²) in [7, 11) is 0. The summed E-state index contributed by atoms with van der Waals surface area (Å²) < 4.78 is 0. The van der Waals surface area contributed by atoms with Gasteiger partial charge >= 0.3 is 0 Å². The molecule has 0 spiro atoms. The maximum Gasteiger partial charge on any atom is 0.239 e. The van der Waals surface area contributed by atoms with E-state index in [1.807, 2.05) is 13.8 Å². The van der Waals surface area contributed by atoms with Crippen LogP contribution in [0.5, 0.6) is 0 Å². The maximum absolute atomic E-state index is 11.5. The number of likely N-dealkylation sites (N-methyl/N-ethyl adjacent to an activating group) is 2. The van der Waals surface area contributed by atoms with Gasteiger partial charge in [0.25, 0.3) is 0 Å². The average Bonchev–Trinajstić information content (AvgIpc) is 2.30. The van der Waals surface area contributed by atoms with Crippen molar-refractivity contribution in [3.8, 4) is 0 Å². The Bertz CT molecular complexity index is 397. The van der Waals surface area contributed by atoms with Gasteiger partial charge in [0.15, 0.2) is 5.82 Å². The topological polar surface area (TPSA) is 71.2 Å². The van der Waals surface area contributed by atoms with Crippen LogP contribution in [0.25, 0.3) is 0 Å². The van der Waals surface area contributed by atoms with Gasteiger partial charge in [0.1, 0.15) is 5.15 Å². The van der Waals surface area contributed by atoms with Crippen molar-refractivity contribution in [2.75, 3.05) is 30.3 Å². The van der Waals surface area contributed by atoms with Crippen molar-refractivity contribution in [3.63, 3.8) is 0 Å². The lowest BCUT2D eigenvalue weighted by Crippen LogP contribution is -2.37. The maximum atomic E-state index is 11.5. The Morgan fingerprint density at radius 1 is 1.53 bits per heavy atom. The van der Waals surface area contributed by atoms with Crippen LogP contribution in [0.3, 0.4) is 0 Å². The van der Waals surface area contributed by atoms with Gasteiger partial charge in [-0.25, -0.2) is 4.98 Å². The molecule has 6 heteroatoms. The highest BCUT2D eigenvalue weighted by atomic mass is 35.5. The van der Waals surface area contributed by atoms with Crippen LogP contribution in [0.4, 0.5) is 11.5 Å². The minimum Gasteiger partial charge on any atom is -0.396 e. The molecule has 17 heavy (non-hydrogen) atoms. The van der Waals surface area contributed by atoms with E-state index in [4.69, 9.17) is 17.3 Å². The van der Waals surface area contributed by atoms with Crippen LogP contribution in [0.2, 0.25) is 5.15 Å². The number of pyridine rings is 1. The number of aromatic nitrogens is 1. The normalized spacial score (nSPS) is 10.1. The summed E-state index contributed by atoms with van der Waals surface area (Å²) >= 11 is 5.82. The first-order valence-electron chi connectivity index (χ1n) is 5.52. The lowest BCUT2D eigenvalue weighted by Gasteiger charge is -2.22. The fourth-order valence-electron chi connectivity index (χ4n) is 1.45. The number of hydrogen-bond donors (Lipinski definition) is 2. The van der Waals surface area contributed by atoms with E-state index in [0.717, 1.165) is 0 Å². The average molecular weight is 257 g/mol. The third-order valence-electron chi connectivity index (χ3n) is 2.26. The second kappa shape index (κ2) is 6.30. The fourth-order valence-corrected chi connectivity index (χ4v) is 1.60. The Morgan fingerprint density at radius 2 is 2.24 bits per heavy atom. The second-order valence-corrected chi connectivity index (χ2v) is 3.90. The molecule has 5 nitrogen and oxygen atoms in total. The minimum absolute atomic E-state index is 0.0597. The van der Waals surface area contributed by atoms with Crippen LogP contribution in [0.15, 0.2) is 12.1 Å². The summed E-state index contributed by atoms with van der Waals surface area (Å²) in [5.41, 5.74) is 6.34. The molecule has 0 atom stereocenters. The molecule has 1 heterocycles. The highest BCUT2D eigenvalue weighted by Crippen LogP contribution is 2.22. The first-order valence-corrected chi connectivity index (χ1v) is 5.90. The molecule has 0 saturated carbocycles. The van der Waals surface area contributed by atoms with Crippen molar-refractivity contribution in [2.24, 2.45) is 0 Å². The lowest BCUT2D eigenvalue weighted by molar-refractivity contribution is -0.119. The fraction of sp³-hybridized carbons (Fsp3) is 0.455. The molecule has 0 bridgehead atoms. The van der Waals surface area contributed by atoms with Gasteiger partial charge in [-0.3, -0.25) is 4.79 Å². The number of hydrogen-bond acceptors (Lipinski definition) is 4. The molecule has 1 aromatic rings. The van der Waals surface area contributed by atoms with E-state index in [1.165, 1.54) is 0 Å². The summed E-state index contributed by atoms with van der Waals surface area (Å²) in [6, 6.07) is 3.31. The molecule has 0 unspecified atom stereocenters. The number of carbonyl (C=O) groups is 1. The molecule has 1 amide bonds. The zero-order valence-corrected chi connectivity index (χ0v) is 10.8. The standard InChI is InChI=1S/C11H17ClN4O/c1-3-14-10(17)7-16(4-2)11-8(13)5-6-9(12)15-11/h5-6H,3-4,7,13H2,1-2H3,(H,14,17). The molecular weight excluding hydrogens is 240 g/mol. The van der Waals surface area contributed by atoms with E-state index < -0.39 is 0 Å². The van der Waals surface area contributed by atoms with Gasteiger partial charge in [-0.1, -0.05) is 11.6 Å². The molecule has 0 fully saturated rings. The van der Waals surface area contributed by atoms with Gasteiger partial charge in [0.05, 0.1) is 12.2 Å². The Kier molecular flexibility index (Phi) is 5.03. The molecule has 0 aromatic carbocycles. The van der Waals surface area contributed by atoms with Crippen molar-refractivity contribution >= 4 is 29.0 Å². The molecule has 1 rings (SSSR count). The zero-order valence-electron chi connectivity index (χ0n) is 10.0. The first-order chi connectivity index (χ1) is 8.08. The molecule has 0 aliphatic carbocycles. The number of anilines is 2. The van der Waals surface area contributed by atoms with Crippen LogP contribution in [0.1, 0.15) is 13.8 Å². The summed E-state index contributed by atoms with van der Waals surface area (Å²) in [6.07, 6.45) is 0. The number of rotatable bonds is 5. The largest absolute Gasteiger partial charge is 0.396 e. The van der Waals surface area contributed by atoms with Gasteiger partial charge < -0.3 is 16.0 Å². The van der Waals surface area contributed by atoms with Crippen molar-refractivity contribution < 1.29 is 4.79 Å². The SMILES string of the molecule is CCNC(=O)CN(CC)c1nc(Cl)ccc1N. The molecule has 0 radical (unpaired) electrons. The van der Waals surface area contributed by atoms with E-state index in [1.54, 1.807) is 17.0 Å². The number of nitrogen functional groups attached to an aromatic ring is 1. The number of nitrogens with two attached hydrogens (primary N) is 1. The number of nitrogens with zero attached hydrogens (tertiary/aromatic N) is 2. The van der Waals surface area contributed by atoms with Gasteiger partial charge in [-0.05, 0) is 26.0 Å². The van der Waals surface area contributed by atoms with Gasteiger partial charge in [0, 0.05) is 13.1 Å². The first kappa shape index (κ1) is 13.6. The Morgan fingerprint density at radius 3 is 2.82 bits per heavy atom. The smallest absolute Gasteiger partial charge is 0.239 e. The molecule has 94 valence electrons. The van der Waals surface area contributed by atoms with Gasteiger partial charge in [-0.15, -0.1) is 0 Å². The molecule has 1 aromatic heterocycles. The van der Waals surface area contributed by atoms with Crippen LogP contribution < -0.4 is 16.0 Å². The van der Waals surface area contributed by atoms with Gasteiger partial charge in [0.2, 0.25) is 5.91 Å². The molecular formula is C11H17ClN4O. The number of halogens is 1. The van der Waals surface area contributed by atoms with Crippen LogP contribution >= 0.6 is 11.6 Å². The highest BCUT2D eigenvalue weighted by Gasteiger charge is 2.13. The second-order valence-electron chi connectivity index (χ2n) is 3.51. The van der Waals surface area contributed by atoms with Crippen molar-refractivity contribution in [1.29, 1.82) is 0 Å². The minimum atomic E-state index is -0.0597. The van der Waals surface area contributed by atoms with Crippen molar-refractivity contribution in [2.45, 2.75) is 13.8 Å². The Hall–Kier alpha value is -1.49. The Labute approximate surface area is 106 Å². The van der Waals surface area contributed by atoms with E-state index >= 15 is 0 Å². The quantitative estimate of drug-likeness (QED) is 0.779. The zero-order chi connectivity index (χ0) is 12.8. The number of carbonyl (C=O) groups excluding carboxylic acids is 1. The summed E-state index contributed by atoms with van der Waals surface area (Å²) in [6.45, 7) is 5.27. The Balaban J connectivity index is 2.85. The lowest BCUT2D eigenvalue weighted by atomic mass is 10.3. The number of nitrogens with one attached hydrogen (secondary N) is 1. The van der Waals surface area contributed by atoms with Crippen LogP contribution in [0, 0.1) is 0 Å². The third kappa shape index (κ3) is 3.78. The monoisotopic (exact) mass is 256 g/mol.